The summed E-state index contributed by atoms with van der Waals surface area (Å²) in [6.07, 6.45) is 9.39. The van der Waals surface area contributed by atoms with E-state index in [0.29, 0.717) is 33.6 Å². The molecule has 2 aromatic carbocycles. The van der Waals surface area contributed by atoms with Crippen LogP contribution >= 0.6 is 24.0 Å². The quantitative estimate of drug-likeness (QED) is 0.197. The molecule has 1 aromatic heterocycles. The van der Waals surface area contributed by atoms with Crippen molar-refractivity contribution < 1.29 is 13.2 Å². The molecule has 40 heavy (non-hydrogen) atoms. The topological polar surface area (TPSA) is 75.5 Å². The monoisotopic (exact) mass is 594 g/mol. The van der Waals surface area contributed by atoms with E-state index in [2.05, 4.69) is 0 Å². The number of thiocarbonyl (C=S) groups is 1. The summed E-state index contributed by atoms with van der Waals surface area (Å²) in [7, 11) is -3.67. The number of nitrogens with zero attached hydrogens (tertiary/aromatic N) is 4. The number of aromatic nitrogens is 2. The molecule has 10 heteroatoms. The molecule has 210 valence electrons. The summed E-state index contributed by atoms with van der Waals surface area (Å²) in [5, 5.41) is 4.87. The highest BCUT2D eigenvalue weighted by Gasteiger charge is 2.38. The predicted octanol–water partition coefficient (Wildman–Crippen LogP) is 6.49. The number of hydrogen-bond donors (Lipinski definition) is 0. The Balaban J connectivity index is 1.57. The van der Waals surface area contributed by atoms with E-state index in [4.69, 9.17) is 17.3 Å². The van der Waals surface area contributed by atoms with Crippen LogP contribution in [0, 0.1) is 0 Å². The van der Waals surface area contributed by atoms with E-state index in [0.717, 1.165) is 49.8 Å². The maximum Gasteiger partial charge on any atom is 0.266 e. The highest BCUT2D eigenvalue weighted by atomic mass is 32.2. The third kappa shape index (κ3) is 5.81. The van der Waals surface area contributed by atoms with E-state index in [-0.39, 0.29) is 16.8 Å². The van der Waals surface area contributed by atoms with Gasteiger partial charge >= 0.3 is 0 Å². The lowest BCUT2D eigenvalue weighted by atomic mass is 10.1. The Labute approximate surface area is 246 Å². The van der Waals surface area contributed by atoms with Crippen LogP contribution in [0.25, 0.3) is 23.0 Å². The van der Waals surface area contributed by atoms with E-state index in [1.807, 2.05) is 62.5 Å². The lowest BCUT2D eigenvalue weighted by Crippen LogP contribution is -2.36. The molecule has 0 atom stereocenters. The number of carbonyl (C=O) groups is 1. The Morgan fingerprint density at radius 3 is 2.42 bits per heavy atom. The minimum absolute atomic E-state index is 0.0635. The lowest BCUT2D eigenvalue weighted by molar-refractivity contribution is -0.123. The highest BCUT2D eigenvalue weighted by molar-refractivity contribution is 8.26. The molecule has 2 heterocycles. The van der Waals surface area contributed by atoms with Crippen LogP contribution in [0.15, 0.2) is 70.6 Å². The first kappa shape index (κ1) is 28.7. The first-order valence-corrected chi connectivity index (χ1v) is 16.5. The largest absolute Gasteiger partial charge is 0.290 e. The Hall–Kier alpha value is -2.79. The van der Waals surface area contributed by atoms with Gasteiger partial charge in [-0.3, -0.25) is 9.69 Å². The zero-order chi connectivity index (χ0) is 28.3. The Morgan fingerprint density at radius 2 is 1.75 bits per heavy atom. The zero-order valence-corrected chi connectivity index (χ0v) is 25.3. The summed E-state index contributed by atoms with van der Waals surface area (Å²) in [6, 6.07) is 16.8. The molecule has 5 rings (SSSR count). The molecule has 2 aliphatic rings. The smallest absolute Gasteiger partial charge is 0.266 e. The number of para-hydroxylation sites is 1. The molecule has 1 aliphatic carbocycles. The van der Waals surface area contributed by atoms with Crippen molar-refractivity contribution in [1.82, 2.24) is 19.0 Å². The molecule has 2 fully saturated rings. The second-order valence-corrected chi connectivity index (χ2v) is 13.7. The van der Waals surface area contributed by atoms with E-state index in [1.54, 1.807) is 32.1 Å². The first-order valence-electron chi connectivity index (χ1n) is 13.9. The number of hydrogen-bond acceptors (Lipinski definition) is 6. The van der Waals surface area contributed by atoms with Crippen LogP contribution in [-0.2, 0) is 14.8 Å². The summed E-state index contributed by atoms with van der Waals surface area (Å²) in [6.45, 7) is 4.90. The average molecular weight is 595 g/mol. The van der Waals surface area contributed by atoms with Gasteiger partial charge in [0.15, 0.2) is 0 Å². The van der Waals surface area contributed by atoms with Crippen molar-refractivity contribution in [2.45, 2.75) is 63.3 Å². The number of carbonyl (C=O) groups excluding carboxylic acids is 1. The Bertz CT molecular complexity index is 1520. The minimum Gasteiger partial charge on any atom is -0.290 e. The van der Waals surface area contributed by atoms with Gasteiger partial charge in [-0.2, -0.15) is 9.40 Å². The predicted molar refractivity (Wildman–Crippen MR) is 166 cm³/mol. The van der Waals surface area contributed by atoms with Crippen LogP contribution in [0.3, 0.4) is 0 Å². The highest BCUT2D eigenvalue weighted by Crippen LogP contribution is 2.39. The molecule has 0 radical (unpaired) electrons. The second kappa shape index (κ2) is 12.4. The van der Waals surface area contributed by atoms with Gasteiger partial charge < -0.3 is 0 Å². The van der Waals surface area contributed by atoms with E-state index in [1.165, 1.54) is 11.8 Å². The Kier molecular flexibility index (Phi) is 8.89. The molecule has 3 aromatic rings. The van der Waals surface area contributed by atoms with Crippen molar-refractivity contribution in [3.05, 3.63) is 71.3 Å². The fourth-order valence-corrected chi connectivity index (χ4v) is 8.39. The third-order valence-corrected chi connectivity index (χ3v) is 10.5. The van der Waals surface area contributed by atoms with Crippen LogP contribution in [0.1, 0.15) is 57.9 Å². The molecule has 1 amide bonds. The van der Waals surface area contributed by atoms with Gasteiger partial charge in [0.05, 0.1) is 15.5 Å². The van der Waals surface area contributed by atoms with Gasteiger partial charge in [0.25, 0.3) is 5.91 Å². The van der Waals surface area contributed by atoms with Gasteiger partial charge in [-0.15, -0.1) is 0 Å². The summed E-state index contributed by atoms with van der Waals surface area (Å²) in [5.74, 6) is -0.0635. The van der Waals surface area contributed by atoms with Crippen LogP contribution in [0.5, 0.6) is 0 Å². The molecule has 1 saturated heterocycles. The number of sulfonamides is 1. The van der Waals surface area contributed by atoms with Gasteiger partial charge in [0.1, 0.15) is 10.0 Å². The van der Waals surface area contributed by atoms with Crippen molar-refractivity contribution in [2.75, 3.05) is 13.1 Å². The average Bonchev–Trinajstić information content (AvgIpc) is 3.69. The molecule has 0 unspecified atom stereocenters. The first-order chi connectivity index (χ1) is 19.3. The molecule has 0 N–H and O–H groups in total. The van der Waals surface area contributed by atoms with E-state index in [9.17, 15) is 13.2 Å². The number of thioether (sulfide) groups is 1. The number of rotatable bonds is 10. The van der Waals surface area contributed by atoms with Crippen molar-refractivity contribution in [3.8, 4) is 16.9 Å². The number of amides is 1. The van der Waals surface area contributed by atoms with Gasteiger partial charge in [-0.25, -0.2) is 13.1 Å². The molecule has 0 bridgehead atoms. The van der Waals surface area contributed by atoms with Crippen LogP contribution in [0.2, 0.25) is 0 Å². The molecule has 1 aliphatic heterocycles. The summed E-state index contributed by atoms with van der Waals surface area (Å²) in [4.78, 5) is 16.0. The van der Waals surface area contributed by atoms with E-state index < -0.39 is 10.0 Å². The zero-order valence-electron chi connectivity index (χ0n) is 22.8. The standard InChI is InChI=1S/C30H34N4O3S3/c1-3-17-32(18-4-2)40(36,37)26-16-10-11-22(19-26)28-23(21-33(31-28)24-12-6-5-7-13-24)20-27-29(35)34(30(38)39-27)25-14-8-9-15-25/h5-7,10-13,16,19-21,25H,3-4,8-9,14-15,17-18H2,1-2H3. The summed E-state index contributed by atoms with van der Waals surface area (Å²) in [5.41, 5.74) is 2.86. The summed E-state index contributed by atoms with van der Waals surface area (Å²) < 4.78 is 31.0. The molecule has 7 nitrogen and oxygen atoms in total. The van der Waals surface area contributed by atoms with Gasteiger partial charge in [0, 0.05) is 36.5 Å². The van der Waals surface area contributed by atoms with Gasteiger partial charge in [-0.1, -0.05) is 81.0 Å². The van der Waals surface area contributed by atoms with Crippen molar-refractivity contribution in [2.24, 2.45) is 0 Å². The van der Waals surface area contributed by atoms with E-state index >= 15 is 0 Å². The second-order valence-electron chi connectivity index (χ2n) is 10.1. The Morgan fingerprint density at radius 1 is 1.05 bits per heavy atom. The molecular weight excluding hydrogens is 561 g/mol. The fourth-order valence-electron chi connectivity index (χ4n) is 5.33. The lowest BCUT2D eigenvalue weighted by Gasteiger charge is -2.21. The van der Waals surface area contributed by atoms with Gasteiger partial charge in [0.2, 0.25) is 10.0 Å². The SMILES string of the molecule is CCCN(CCC)S(=O)(=O)c1cccc(-c2nn(-c3ccccc3)cc2C=C2SC(=S)N(C3CCCC3)C2=O)c1. The normalized spacial score (nSPS) is 17.6. The minimum atomic E-state index is -3.67. The van der Waals surface area contributed by atoms with Crippen molar-refractivity contribution in [3.63, 3.8) is 0 Å². The van der Waals surface area contributed by atoms with Crippen LogP contribution in [0.4, 0.5) is 0 Å². The van der Waals surface area contributed by atoms with Crippen LogP contribution in [-0.4, -0.2) is 56.8 Å². The van der Waals surface area contributed by atoms with Crippen molar-refractivity contribution in [1.29, 1.82) is 0 Å². The molecular formula is C30H34N4O3S3. The fraction of sp³-hybridized carbons (Fsp3) is 0.367. The molecule has 1 saturated carbocycles. The number of benzene rings is 2. The molecule has 0 spiro atoms. The summed E-state index contributed by atoms with van der Waals surface area (Å²) >= 11 is 6.94. The van der Waals surface area contributed by atoms with Crippen molar-refractivity contribution >= 4 is 50.3 Å². The van der Waals surface area contributed by atoms with Gasteiger partial charge in [-0.05, 0) is 56.0 Å². The maximum atomic E-state index is 13.5. The third-order valence-electron chi connectivity index (χ3n) is 7.25. The maximum absolute atomic E-state index is 13.5. The van der Waals surface area contributed by atoms with Crippen LogP contribution < -0.4 is 0 Å².